The number of nitrogens with zero attached hydrogens (tertiary/aromatic N) is 3. The van der Waals surface area contributed by atoms with Crippen molar-refractivity contribution in [1.82, 2.24) is 4.98 Å². The molecule has 4 heteroatoms. The molecule has 1 aromatic carbocycles. The van der Waals surface area contributed by atoms with Gasteiger partial charge in [0.2, 0.25) is 0 Å². The summed E-state index contributed by atoms with van der Waals surface area (Å²) in [4.78, 5) is 4.16. The summed E-state index contributed by atoms with van der Waals surface area (Å²) in [7, 11) is 0. The van der Waals surface area contributed by atoms with E-state index in [1.165, 1.54) is 0 Å². The number of para-hydroxylation sites is 2. The molecule has 4 nitrogen and oxygen atoms in total. The molecule has 0 aliphatic carbocycles. The topological polar surface area (TPSA) is 50.8 Å². The van der Waals surface area contributed by atoms with E-state index in [0.717, 1.165) is 17.5 Å². The van der Waals surface area contributed by atoms with E-state index >= 15 is 0 Å². The van der Waals surface area contributed by atoms with Crippen LogP contribution in [0, 0.1) is 0 Å². The summed E-state index contributed by atoms with van der Waals surface area (Å²) in [5, 5.41) is 7.80. The smallest absolute Gasteiger partial charge is 0.341 e. The van der Waals surface area contributed by atoms with Crippen molar-refractivity contribution in [3.63, 3.8) is 0 Å². The van der Waals surface area contributed by atoms with Crippen LogP contribution >= 0.6 is 0 Å². The third kappa shape index (κ3) is 1.79. The van der Waals surface area contributed by atoms with Crippen molar-refractivity contribution in [2.24, 2.45) is 10.2 Å². The largest absolute Gasteiger partial charge is 0.421 e. The first-order chi connectivity index (χ1) is 6.90. The van der Waals surface area contributed by atoms with E-state index in [4.69, 9.17) is 4.42 Å². The van der Waals surface area contributed by atoms with Gasteiger partial charge in [-0.15, -0.1) is 0 Å². The molecule has 1 aromatic heterocycles. The van der Waals surface area contributed by atoms with Crippen molar-refractivity contribution < 1.29 is 4.42 Å². The molecule has 2 aromatic rings. The number of oxazole rings is 1. The number of benzene rings is 1. The van der Waals surface area contributed by atoms with Crippen molar-refractivity contribution >= 4 is 17.1 Å². The van der Waals surface area contributed by atoms with Crippen LogP contribution in [-0.2, 0) is 0 Å². The van der Waals surface area contributed by atoms with Crippen LogP contribution in [0.15, 0.2) is 38.9 Å². The first kappa shape index (κ1) is 8.87. The molecular weight excluding hydrogens is 178 g/mol. The lowest BCUT2D eigenvalue weighted by Crippen LogP contribution is -1.70. The van der Waals surface area contributed by atoms with Crippen molar-refractivity contribution in [2.75, 3.05) is 6.54 Å². The Kier molecular flexibility index (Phi) is 2.53. The quantitative estimate of drug-likeness (QED) is 0.695. The zero-order chi connectivity index (χ0) is 9.80. The van der Waals surface area contributed by atoms with Crippen LogP contribution in [0.3, 0.4) is 0 Å². The van der Waals surface area contributed by atoms with Crippen LogP contribution in [0.25, 0.3) is 11.1 Å². The van der Waals surface area contributed by atoms with Gasteiger partial charge in [-0.2, -0.15) is 10.1 Å². The van der Waals surface area contributed by atoms with Gasteiger partial charge in [0, 0.05) is 0 Å². The predicted octanol–water partition coefficient (Wildman–Crippen LogP) is 3.32. The third-order valence-electron chi connectivity index (χ3n) is 1.76. The molecule has 0 saturated heterocycles. The fourth-order valence-electron chi connectivity index (χ4n) is 1.11. The molecule has 72 valence electrons. The Bertz CT molecular complexity index is 414. The Hall–Kier alpha value is -1.71. The van der Waals surface area contributed by atoms with Crippen molar-refractivity contribution in [3.8, 4) is 0 Å². The second-order valence-corrected chi connectivity index (χ2v) is 2.93. The molecule has 1 heterocycles. The molecule has 0 radical (unpaired) electrons. The van der Waals surface area contributed by atoms with Gasteiger partial charge in [0.1, 0.15) is 5.52 Å². The van der Waals surface area contributed by atoms with E-state index in [9.17, 15) is 0 Å². The van der Waals surface area contributed by atoms with Crippen LogP contribution in [0.2, 0.25) is 0 Å². The molecule has 14 heavy (non-hydrogen) atoms. The van der Waals surface area contributed by atoms with Gasteiger partial charge in [-0.05, 0) is 18.6 Å². The molecule has 0 fully saturated rings. The lowest BCUT2D eigenvalue weighted by molar-refractivity contribution is 0.602. The first-order valence-corrected chi connectivity index (χ1v) is 4.63. The standard InChI is InChI=1S/C10H11N3O/c1-2-7-11-13-10-12-8-5-3-4-6-9(8)14-10/h3-6H,2,7H2,1H3. The highest BCUT2D eigenvalue weighted by Gasteiger charge is 2.01. The minimum Gasteiger partial charge on any atom is -0.421 e. The van der Waals surface area contributed by atoms with Gasteiger partial charge >= 0.3 is 6.01 Å². The molecule has 0 aliphatic heterocycles. The Morgan fingerprint density at radius 1 is 1.36 bits per heavy atom. The summed E-state index contributed by atoms with van der Waals surface area (Å²) in [6.07, 6.45) is 0.976. The van der Waals surface area contributed by atoms with Gasteiger partial charge in [0.15, 0.2) is 5.58 Å². The molecule has 0 N–H and O–H groups in total. The van der Waals surface area contributed by atoms with Crippen molar-refractivity contribution in [3.05, 3.63) is 24.3 Å². The van der Waals surface area contributed by atoms with Crippen LogP contribution in [-0.4, -0.2) is 11.5 Å². The van der Waals surface area contributed by atoms with E-state index in [-0.39, 0.29) is 0 Å². The van der Waals surface area contributed by atoms with E-state index in [0.29, 0.717) is 12.6 Å². The van der Waals surface area contributed by atoms with Gasteiger partial charge in [-0.3, -0.25) is 0 Å². The number of rotatable bonds is 3. The SMILES string of the molecule is CCCN=Nc1nc2ccccc2o1. The Morgan fingerprint density at radius 2 is 2.21 bits per heavy atom. The second kappa shape index (κ2) is 4.00. The van der Waals surface area contributed by atoms with Crippen LogP contribution in [0.5, 0.6) is 0 Å². The van der Waals surface area contributed by atoms with Gasteiger partial charge in [0.05, 0.1) is 6.54 Å². The summed E-state index contributed by atoms with van der Waals surface area (Å²) in [6.45, 7) is 2.75. The maximum Gasteiger partial charge on any atom is 0.341 e. The highest BCUT2D eigenvalue weighted by molar-refractivity contribution is 5.73. The van der Waals surface area contributed by atoms with Gasteiger partial charge in [-0.25, -0.2) is 0 Å². The fourth-order valence-corrected chi connectivity index (χ4v) is 1.11. The Morgan fingerprint density at radius 3 is 3.00 bits per heavy atom. The normalized spacial score (nSPS) is 11.5. The number of hydrogen-bond acceptors (Lipinski definition) is 4. The summed E-state index contributed by atoms with van der Waals surface area (Å²) in [5.74, 6) is 0. The maximum atomic E-state index is 5.34. The van der Waals surface area contributed by atoms with Gasteiger partial charge in [-0.1, -0.05) is 24.2 Å². The number of aromatic nitrogens is 1. The minimum absolute atomic E-state index is 0.333. The molecular formula is C10H11N3O. The van der Waals surface area contributed by atoms with Gasteiger partial charge < -0.3 is 4.42 Å². The third-order valence-corrected chi connectivity index (χ3v) is 1.76. The van der Waals surface area contributed by atoms with Crippen molar-refractivity contribution in [1.29, 1.82) is 0 Å². The molecule has 0 aliphatic rings. The summed E-state index contributed by atoms with van der Waals surface area (Å²) < 4.78 is 5.34. The highest BCUT2D eigenvalue weighted by Crippen LogP contribution is 2.20. The molecule has 0 bridgehead atoms. The lowest BCUT2D eigenvalue weighted by Gasteiger charge is -1.81. The van der Waals surface area contributed by atoms with E-state index in [1.54, 1.807) is 0 Å². The number of fused-ring (bicyclic) bond motifs is 1. The molecule has 0 atom stereocenters. The number of azo groups is 1. The first-order valence-electron chi connectivity index (χ1n) is 4.63. The fraction of sp³-hybridized carbons (Fsp3) is 0.300. The number of hydrogen-bond donors (Lipinski definition) is 0. The average molecular weight is 189 g/mol. The summed E-state index contributed by atoms with van der Waals surface area (Å²) in [5.41, 5.74) is 1.57. The average Bonchev–Trinajstić information content (AvgIpc) is 2.60. The molecule has 0 amide bonds. The monoisotopic (exact) mass is 189 g/mol. The maximum absolute atomic E-state index is 5.34. The zero-order valence-electron chi connectivity index (χ0n) is 7.97. The molecule has 0 spiro atoms. The van der Waals surface area contributed by atoms with E-state index < -0.39 is 0 Å². The lowest BCUT2D eigenvalue weighted by atomic mass is 10.3. The van der Waals surface area contributed by atoms with Crippen LogP contribution in [0.1, 0.15) is 13.3 Å². The molecule has 0 unspecified atom stereocenters. The Balaban J connectivity index is 2.27. The van der Waals surface area contributed by atoms with Crippen molar-refractivity contribution in [2.45, 2.75) is 13.3 Å². The minimum atomic E-state index is 0.333. The van der Waals surface area contributed by atoms with Crippen LogP contribution < -0.4 is 0 Å². The van der Waals surface area contributed by atoms with E-state index in [2.05, 4.69) is 15.2 Å². The highest BCUT2D eigenvalue weighted by atomic mass is 16.4. The van der Waals surface area contributed by atoms with E-state index in [1.807, 2.05) is 31.2 Å². The zero-order valence-corrected chi connectivity index (χ0v) is 7.97. The molecule has 0 saturated carbocycles. The predicted molar refractivity (Wildman–Crippen MR) is 53.7 cm³/mol. The van der Waals surface area contributed by atoms with Crippen LogP contribution in [0.4, 0.5) is 6.01 Å². The summed E-state index contributed by atoms with van der Waals surface area (Å²) in [6, 6.07) is 7.90. The summed E-state index contributed by atoms with van der Waals surface area (Å²) >= 11 is 0. The molecule has 2 rings (SSSR count). The Labute approximate surface area is 81.7 Å². The second-order valence-electron chi connectivity index (χ2n) is 2.93. The van der Waals surface area contributed by atoms with Gasteiger partial charge in [0.25, 0.3) is 0 Å².